The molecule has 0 saturated heterocycles. The second-order valence-corrected chi connectivity index (χ2v) is 7.65. The van der Waals surface area contributed by atoms with Crippen LogP contribution in [0.4, 0.5) is 0 Å². The summed E-state index contributed by atoms with van der Waals surface area (Å²) in [5.74, 6) is 0.703. The fourth-order valence-corrected chi connectivity index (χ4v) is 3.10. The quantitative estimate of drug-likeness (QED) is 0.546. The van der Waals surface area contributed by atoms with Crippen LogP contribution < -0.4 is 0 Å². The smallest absolute Gasteiger partial charge is 0.187 e. The Bertz CT molecular complexity index is 395. The summed E-state index contributed by atoms with van der Waals surface area (Å²) >= 11 is 6.60. The third-order valence-electron chi connectivity index (χ3n) is 3.47. The zero-order valence-corrected chi connectivity index (χ0v) is 12.8. The molecule has 1 nitrogen and oxygen atoms in total. The van der Waals surface area contributed by atoms with Crippen molar-refractivity contribution in [1.82, 2.24) is 0 Å². The Morgan fingerprint density at radius 2 is 1.76 bits per heavy atom. The standard InChI is InChI=1S/C14H16Br2O/c15-14(16)13(17)12-9-5-4-8-11(12)10-6-2-1-3-7-10/h4-5,8-10,14H,1-3,6-7H2. The van der Waals surface area contributed by atoms with Crippen LogP contribution in [0.1, 0.15) is 53.9 Å². The summed E-state index contributed by atoms with van der Waals surface area (Å²) < 4.78 is -0.278. The minimum absolute atomic E-state index is 0.131. The van der Waals surface area contributed by atoms with E-state index in [1.165, 1.54) is 37.7 Å². The largest absolute Gasteiger partial charge is 0.292 e. The van der Waals surface area contributed by atoms with Crippen LogP contribution in [0.2, 0.25) is 0 Å². The highest BCUT2D eigenvalue weighted by Crippen LogP contribution is 2.35. The first-order valence-electron chi connectivity index (χ1n) is 6.11. The first-order chi connectivity index (χ1) is 8.20. The van der Waals surface area contributed by atoms with Gasteiger partial charge in [-0.2, -0.15) is 0 Å². The van der Waals surface area contributed by atoms with Crippen LogP contribution in [0.5, 0.6) is 0 Å². The van der Waals surface area contributed by atoms with E-state index in [2.05, 4.69) is 37.9 Å². The number of carbonyl (C=O) groups excluding carboxylic acids is 1. The molecular weight excluding hydrogens is 344 g/mol. The van der Waals surface area contributed by atoms with Gasteiger partial charge in [0.25, 0.3) is 0 Å². The normalized spacial score (nSPS) is 17.4. The Kier molecular flexibility index (Phi) is 4.80. The Balaban J connectivity index is 2.29. The van der Waals surface area contributed by atoms with E-state index < -0.39 is 0 Å². The van der Waals surface area contributed by atoms with Crippen LogP contribution in [0, 0.1) is 0 Å². The molecule has 0 atom stereocenters. The minimum atomic E-state index is -0.278. The van der Waals surface area contributed by atoms with Crippen molar-refractivity contribution in [3.8, 4) is 0 Å². The molecule has 1 fully saturated rings. The number of hydrogen-bond acceptors (Lipinski definition) is 1. The zero-order chi connectivity index (χ0) is 12.3. The van der Waals surface area contributed by atoms with Crippen LogP contribution in [0.3, 0.4) is 0 Å². The molecular formula is C14H16Br2O. The van der Waals surface area contributed by atoms with E-state index in [0.717, 1.165) is 5.56 Å². The predicted octanol–water partition coefficient (Wildman–Crippen LogP) is 5.03. The van der Waals surface area contributed by atoms with Gasteiger partial charge in [0.05, 0.1) is 0 Å². The summed E-state index contributed by atoms with van der Waals surface area (Å²) in [5.41, 5.74) is 2.11. The van der Waals surface area contributed by atoms with Gasteiger partial charge in [0.1, 0.15) is 3.74 Å². The van der Waals surface area contributed by atoms with Crippen LogP contribution in [0.15, 0.2) is 24.3 Å². The van der Waals surface area contributed by atoms with Crippen LogP contribution in [-0.2, 0) is 0 Å². The SMILES string of the molecule is O=C(c1ccccc1C1CCCCC1)C(Br)Br. The number of Topliss-reactive ketones (excluding diaryl/α,β-unsaturated/α-hetero) is 1. The Hall–Kier alpha value is -0.150. The summed E-state index contributed by atoms with van der Waals surface area (Å²) in [4.78, 5) is 12.1. The average molecular weight is 360 g/mol. The van der Waals surface area contributed by atoms with Crippen molar-refractivity contribution in [2.45, 2.75) is 41.8 Å². The second kappa shape index (κ2) is 6.14. The van der Waals surface area contributed by atoms with E-state index in [1.807, 2.05) is 18.2 Å². The van der Waals surface area contributed by atoms with E-state index in [4.69, 9.17) is 0 Å². The topological polar surface area (TPSA) is 17.1 Å². The third-order valence-corrected chi connectivity index (χ3v) is 4.30. The van der Waals surface area contributed by atoms with Gasteiger partial charge < -0.3 is 0 Å². The van der Waals surface area contributed by atoms with Crippen LogP contribution in [-0.4, -0.2) is 9.52 Å². The number of alkyl halides is 2. The molecule has 0 unspecified atom stereocenters. The van der Waals surface area contributed by atoms with Gasteiger partial charge in [-0.1, -0.05) is 75.4 Å². The summed E-state index contributed by atoms with van der Waals surface area (Å²) in [6.45, 7) is 0. The van der Waals surface area contributed by atoms with Gasteiger partial charge in [0.15, 0.2) is 5.78 Å². The molecule has 0 radical (unpaired) electrons. The maximum atomic E-state index is 12.1. The Morgan fingerprint density at radius 3 is 2.41 bits per heavy atom. The molecule has 1 aromatic rings. The second-order valence-electron chi connectivity index (χ2n) is 4.59. The van der Waals surface area contributed by atoms with Crippen LogP contribution >= 0.6 is 31.9 Å². The summed E-state index contributed by atoms with van der Waals surface area (Å²) in [6, 6.07) is 8.05. The van der Waals surface area contributed by atoms with Gasteiger partial charge >= 0.3 is 0 Å². The van der Waals surface area contributed by atoms with E-state index in [1.54, 1.807) is 0 Å². The maximum absolute atomic E-state index is 12.1. The average Bonchev–Trinajstić information content (AvgIpc) is 2.39. The zero-order valence-electron chi connectivity index (χ0n) is 9.66. The van der Waals surface area contributed by atoms with Gasteiger partial charge in [-0.25, -0.2) is 0 Å². The number of rotatable bonds is 3. The Morgan fingerprint density at radius 1 is 1.12 bits per heavy atom. The number of carbonyl (C=O) groups is 1. The highest BCUT2D eigenvalue weighted by atomic mass is 79.9. The van der Waals surface area contributed by atoms with Gasteiger partial charge in [-0.3, -0.25) is 4.79 Å². The van der Waals surface area contributed by atoms with Crippen molar-refractivity contribution in [3.63, 3.8) is 0 Å². The molecule has 1 aliphatic rings. The first-order valence-corrected chi connectivity index (χ1v) is 7.94. The van der Waals surface area contributed by atoms with Gasteiger partial charge in [0, 0.05) is 5.56 Å². The molecule has 0 spiro atoms. The molecule has 0 aromatic heterocycles. The van der Waals surface area contributed by atoms with Crippen molar-refractivity contribution >= 4 is 37.6 Å². The fraction of sp³-hybridized carbons (Fsp3) is 0.500. The molecule has 2 rings (SSSR count). The number of hydrogen-bond donors (Lipinski definition) is 0. The molecule has 0 bridgehead atoms. The third kappa shape index (κ3) is 3.19. The fourth-order valence-electron chi connectivity index (χ4n) is 2.61. The van der Waals surface area contributed by atoms with Crippen molar-refractivity contribution in [3.05, 3.63) is 35.4 Å². The van der Waals surface area contributed by atoms with Crippen LogP contribution in [0.25, 0.3) is 0 Å². The highest BCUT2D eigenvalue weighted by Gasteiger charge is 2.23. The molecule has 17 heavy (non-hydrogen) atoms. The summed E-state index contributed by atoms with van der Waals surface area (Å²) in [6.07, 6.45) is 6.36. The van der Waals surface area contributed by atoms with Crippen molar-refractivity contribution in [1.29, 1.82) is 0 Å². The van der Waals surface area contributed by atoms with E-state index in [9.17, 15) is 4.79 Å². The van der Waals surface area contributed by atoms with E-state index in [0.29, 0.717) is 5.92 Å². The van der Waals surface area contributed by atoms with E-state index in [-0.39, 0.29) is 9.52 Å². The monoisotopic (exact) mass is 358 g/mol. The molecule has 1 aromatic carbocycles. The molecule has 1 saturated carbocycles. The lowest BCUT2D eigenvalue weighted by atomic mass is 9.81. The molecule has 0 amide bonds. The van der Waals surface area contributed by atoms with Crippen molar-refractivity contribution in [2.24, 2.45) is 0 Å². The minimum Gasteiger partial charge on any atom is -0.292 e. The number of benzene rings is 1. The predicted molar refractivity (Wildman–Crippen MR) is 78.2 cm³/mol. The van der Waals surface area contributed by atoms with E-state index >= 15 is 0 Å². The molecule has 3 heteroatoms. The van der Waals surface area contributed by atoms with Gasteiger partial charge in [0.2, 0.25) is 0 Å². The molecule has 0 aliphatic heterocycles. The first kappa shape index (κ1) is 13.3. The molecule has 0 N–H and O–H groups in total. The summed E-state index contributed by atoms with van der Waals surface area (Å²) in [5, 5.41) is 0. The molecule has 1 aliphatic carbocycles. The molecule has 0 heterocycles. The number of halogens is 2. The Labute approximate surface area is 119 Å². The van der Waals surface area contributed by atoms with Gasteiger partial charge in [-0.05, 0) is 24.3 Å². The molecule has 92 valence electrons. The van der Waals surface area contributed by atoms with Gasteiger partial charge in [-0.15, -0.1) is 0 Å². The van der Waals surface area contributed by atoms with Crippen molar-refractivity contribution in [2.75, 3.05) is 0 Å². The maximum Gasteiger partial charge on any atom is 0.187 e. The highest BCUT2D eigenvalue weighted by molar-refractivity contribution is 9.25. The van der Waals surface area contributed by atoms with Crippen molar-refractivity contribution < 1.29 is 4.79 Å². The number of ketones is 1. The lowest BCUT2D eigenvalue weighted by molar-refractivity contribution is 0.101. The summed E-state index contributed by atoms with van der Waals surface area (Å²) in [7, 11) is 0. The lowest BCUT2D eigenvalue weighted by Crippen LogP contribution is -2.14. The lowest BCUT2D eigenvalue weighted by Gasteiger charge is -2.24.